The summed E-state index contributed by atoms with van der Waals surface area (Å²) in [5.74, 6) is 0.0696. The van der Waals surface area contributed by atoms with E-state index in [0.29, 0.717) is 16.3 Å². The first kappa shape index (κ1) is 15.1. The lowest BCUT2D eigenvalue weighted by Crippen LogP contribution is -2.18. The maximum atomic E-state index is 12.1. The molecule has 4 nitrogen and oxygen atoms in total. The third kappa shape index (κ3) is 4.07. The van der Waals surface area contributed by atoms with Crippen molar-refractivity contribution in [3.63, 3.8) is 0 Å². The zero-order valence-corrected chi connectivity index (χ0v) is 12.5. The molecule has 0 bridgehead atoms. The molecule has 0 fully saturated rings. The third-order valence-electron chi connectivity index (χ3n) is 2.86. The molecule has 2 rings (SSSR count). The summed E-state index contributed by atoms with van der Waals surface area (Å²) in [6, 6.07) is 12.6. The summed E-state index contributed by atoms with van der Waals surface area (Å²) in [5, 5.41) is 4.39. The number of nitrogens with one attached hydrogen (secondary N) is 1. The minimum Gasteiger partial charge on any atom is -0.496 e. The fourth-order valence-corrected chi connectivity index (χ4v) is 1.91. The van der Waals surface area contributed by atoms with E-state index in [1.54, 1.807) is 18.3 Å². The van der Waals surface area contributed by atoms with Crippen molar-refractivity contribution in [2.24, 2.45) is 5.10 Å². The fourth-order valence-electron chi connectivity index (χ4n) is 1.74. The summed E-state index contributed by atoms with van der Waals surface area (Å²) in [6.45, 7) is 2.01. The van der Waals surface area contributed by atoms with Crippen LogP contribution in [0.4, 0.5) is 0 Å². The molecule has 0 unspecified atom stereocenters. The zero-order valence-electron chi connectivity index (χ0n) is 11.8. The molecule has 2 aromatic carbocycles. The molecule has 0 spiro atoms. The Morgan fingerprint density at radius 2 is 1.95 bits per heavy atom. The molecule has 0 atom stereocenters. The van der Waals surface area contributed by atoms with Crippen molar-refractivity contribution in [3.8, 4) is 5.75 Å². The highest BCUT2D eigenvalue weighted by Gasteiger charge is 2.11. The van der Waals surface area contributed by atoms with E-state index in [2.05, 4.69) is 10.5 Å². The lowest BCUT2D eigenvalue weighted by Gasteiger charge is -2.07. The molecule has 0 heterocycles. The van der Waals surface area contributed by atoms with Crippen LogP contribution in [-0.2, 0) is 0 Å². The second kappa shape index (κ2) is 6.90. The van der Waals surface area contributed by atoms with Gasteiger partial charge in [-0.25, -0.2) is 5.43 Å². The molecule has 0 aliphatic carbocycles. The molecule has 1 N–H and O–H groups in total. The minimum atomic E-state index is -0.377. The molecular formula is C16H15ClN2O2. The van der Waals surface area contributed by atoms with E-state index in [0.717, 1.165) is 5.56 Å². The molecule has 0 saturated heterocycles. The van der Waals surface area contributed by atoms with Gasteiger partial charge in [0.15, 0.2) is 0 Å². The second-order valence-corrected chi connectivity index (χ2v) is 4.89. The summed E-state index contributed by atoms with van der Waals surface area (Å²) < 4.78 is 5.13. The lowest BCUT2D eigenvalue weighted by atomic mass is 10.2. The average Bonchev–Trinajstić information content (AvgIpc) is 2.49. The monoisotopic (exact) mass is 302 g/mol. The highest BCUT2D eigenvalue weighted by Crippen LogP contribution is 2.22. The van der Waals surface area contributed by atoms with Crippen LogP contribution in [0.15, 0.2) is 47.6 Å². The Kier molecular flexibility index (Phi) is 4.95. The van der Waals surface area contributed by atoms with Crippen molar-refractivity contribution in [1.82, 2.24) is 5.43 Å². The number of amides is 1. The van der Waals surface area contributed by atoms with Crippen LogP contribution in [0.1, 0.15) is 21.5 Å². The van der Waals surface area contributed by atoms with Gasteiger partial charge in [0.05, 0.1) is 18.9 Å². The molecule has 0 saturated carbocycles. The number of carbonyl (C=O) groups excluding carboxylic acids is 1. The van der Waals surface area contributed by atoms with Crippen molar-refractivity contribution in [3.05, 3.63) is 64.2 Å². The van der Waals surface area contributed by atoms with Crippen LogP contribution in [-0.4, -0.2) is 19.2 Å². The van der Waals surface area contributed by atoms with Gasteiger partial charge in [0.2, 0.25) is 0 Å². The number of hydrogen-bond donors (Lipinski definition) is 1. The summed E-state index contributed by atoms with van der Waals surface area (Å²) >= 11 is 5.89. The van der Waals surface area contributed by atoms with Gasteiger partial charge in [0.25, 0.3) is 5.91 Å². The predicted octanol–water partition coefficient (Wildman–Crippen LogP) is 3.42. The van der Waals surface area contributed by atoms with E-state index < -0.39 is 0 Å². The number of aryl methyl sites for hydroxylation is 1. The number of ether oxygens (including phenoxy) is 1. The third-order valence-corrected chi connectivity index (χ3v) is 3.10. The van der Waals surface area contributed by atoms with Crippen LogP contribution in [0, 0.1) is 6.92 Å². The van der Waals surface area contributed by atoms with E-state index in [1.807, 2.05) is 31.2 Å². The second-order valence-electron chi connectivity index (χ2n) is 4.45. The van der Waals surface area contributed by atoms with E-state index >= 15 is 0 Å². The summed E-state index contributed by atoms with van der Waals surface area (Å²) in [5.41, 5.74) is 4.86. The van der Waals surface area contributed by atoms with Crippen molar-refractivity contribution in [2.45, 2.75) is 6.92 Å². The van der Waals surface area contributed by atoms with Crippen molar-refractivity contribution in [2.75, 3.05) is 7.11 Å². The Hall–Kier alpha value is -2.33. The zero-order chi connectivity index (χ0) is 15.2. The van der Waals surface area contributed by atoms with Crippen LogP contribution in [0.3, 0.4) is 0 Å². The van der Waals surface area contributed by atoms with Gasteiger partial charge >= 0.3 is 0 Å². The van der Waals surface area contributed by atoms with Gasteiger partial charge in [-0.3, -0.25) is 4.79 Å². The molecular weight excluding hydrogens is 288 g/mol. The Morgan fingerprint density at radius 1 is 1.24 bits per heavy atom. The first-order valence-electron chi connectivity index (χ1n) is 6.34. The first-order valence-corrected chi connectivity index (χ1v) is 6.71. The van der Waals surface area contributed by atoms with Crippen LogP contribution >= 0.6 is 11.6 Å². The normalized spacial score (nSPS) is 10.6. The van der Waals surface area contributed by atoms with Crippen molar-refractivity contribution >= 4 is 23.7 Å². The minimum absolute atomic E-state index is 0.339. The van der Waals surface area contributed by atoms with Crippen LogP contribution in [0.25, 0.3) is 0 Å². The van der Waals surface area contributed by atoms with Gasteiger partial charge in [-0.15, -0.1) is 0 Å². The Morgan fingerprint density at radius 3 is 2.62 bits per heavy atom. The fraction of sp³-hybridized carbons (Fsp3) is 0.125. The number of rotatable bonds is 4. The topological polar surface area (TPSA) is 50.7 Å². The van der Waals surface area contributed by atoms with Gasteiger partial charge in [-0.2, -0.15) is 5.10 Å². The number of nitrogens with zero attached hydrogens (tertiary/aromatic N) is 1. The quantitative estimate of drug-likeness (QED) is 0.695. The SMILES string of the molecule is COc1ccc(Cl)cc1C(=O)NN=Cc1ccc(C)cc1. The molecule has 21 heavy (non-hydrogen) atoms. The largest absolute Gasteiger partial charge is 0.496 e. The number of hydrogen-bond acceptors (Lipinski definition) is 3. The van der Waals surface area contributed by atoms with Crippen LogP contribution in [0.5, 0.6) is 5.75 Å². The van der Waals surface area contributed by atoms with Crippen molar-refractivity contribution in [1.29, 1.82) is 0 Å². The first-order chi connectivity index (χ1) is 10.1. The van der Waals surface area contributed by atoms with Gasteiger partial charge in [0.1, 0.15) is 5.75 Å². The molecule has 0 aliphatic rings. The lowest BCUT2D eigenvalue weighted by molar-refractivity contribution is 0.0952. The number of halogens is 1. The number of carbonyl (C=O) groups is 1. The molecule has 0 radical (unpaired) electrons. The van der Waals surface area contributed by atoms with E-state index in [9.17, 15) is 4.79 Å². The van der Waals surface area contributed by atoms with Gasteiger partial charge < -0.3 is 4.74 Å². The predicted molar refractivity (Wildman–Crippen MR) is 84.2 cm³/mol. The summed E-state index contributed by atoms with van der Waals surface area (Å²) in [6.07, 6.45) is 1.58. The van der Waals surface area contributed by atoms with Gasteiger partial charge in [-0.1, -0.05) is 41.4 Å². The Labute approximate surface area is 128 Å². The smallest absolute Gasteiger partial charge is 0.275 e. The average molecular weight is 303 g/mol. The summed E-state index contributed by atoms with van der Waals surface area (Å²) in [7, 11) is 1.50. The highest BCUT2D eigenvalue weighted by atomic mass is 35.5. The van der Waals surface area contributed by atoms with E-state index in [4.69, 9.17) is 16.3 Å². The standard InChI is InChI=1S/C16H15ClN2O2/c1-11-3-5-12(6-4-11)10-18-19-16(20)14-9-13(17)7-8-15(14)21-2/h3-10H,1-2H3,(H,19,20). The van der Waals surface area contributed by atoms with Gasteiger partial charge in [-0.05, 0) is 30.7 Å². The molecule has 0 aliphatic heterocycles. The maximum Gasteiger partial charge on any atom is 0.275 e. The molecule has 2 aromatic rings. The Bertz CT molecular complexity index is 666. The Balaban J connectivity index is 2.08. The van der Waals surface area contributed by atoms with Crippen LogP contribution < -0.4 is 10.2 Å². The highest BCUT2D eigenvalue weighted by molar-refractivity contribution is 6.31. The number of methoxy groups -OCH3 is 1. The van der Waals surface area contributed by atoms with Crippen LogP contribution in [0.2, 0.25) is 5.02 Å². The molecule has 0 aromatic heterocycles. The maximum absolute atomic E-state index is 12.1. The molecule has 1 amide bonds. The van der Waals surface area contributed by atoms with Crippen molar-refractivity contribution < 1.29 is 9.53 Å². The number of hydrazone groups is 1. The molecule has 5 heteroatoms. The van der Waals surface area contributed by atoms with E-state index in [1.165, 1.54) is 18.7 Å². The van der Waals surface area contributed by atoms with Gasteiger partial charge in [0, 0.05) is 5.02 Å². The summed E-state index contributed by atoms with van der Waals surface area (Å²) in [4.78, 5) is 12.1. The van der Waals surface area contributed by atoms with E-state index in [-0.39, 0.29) is 5.91 Å². The molecule has 108 valence electrons. The number of benzene rings is 2.